The molecule has 190 valence electrons. The lowest BCUT2D eigenvalue weighted by Gasteiger charge is -2.32. The Morgan fingerprint density at radius 3 is 2.31 bits per heavy atom. The molecular weight excluding hydrogens is 464 g/mol. The van der Waals surface area contributed by atoms with Crippen LogP contribution in [0.25, 0.3) is 0 Å². The number of hydrogen-bond donors (Lipinski definition) is 1. The first-order valence-electron chi connectivity index (χ1n) is 12.7. The topological polar surface area (TPSA) is 49.4 Å². The van der Waals surface area contributed by atoms with Crippen molar-refractivity contribution in [2.75, 3.05) is 5.75 Å². The summed E-state index contributed by atoms with van der Waals surface area (Å²) < 4.78 is 0. The number of carbonyl (C=O) groups is 2. The first kappa shape index (κ1) is 27.5. The summed E-state index contributed by atoms with van der Waals surface area (Å²) in [5, 5.41) is 3.13. The fourth-order valence-corrected chi connectivity index (χ4v) is 4.96. The molecule has 4 nitrogen and oxygen atoms in total. The van der Waals surface area contributed by atoms with Crippen LogP contribution >= 0.6 is 11.8 Å². The Balaban J connectivity index is 1.86. The average molecular weight is 503 g/mol. The van der Waals surface area contributed by atoms with Gasteiger partial charge in [-0.15, -0.1) is 11.8 Å². The van der Waals surface area contributed by atoms with E-state index >= 15 is 0 Å². The SMILES string of the molecule is CC[C@H](C)NC(=O)[C@H](Cc1ccccc1)N(Cc1ccccc1C)C(=O)CSCc1cccc(C)c1. The molecule has 0 heterocycles. The number of benzene rings is 3. The number of rotatable bonds is 12. The number of carbonyl (C=O) groups excluding carboxylic acids is 2. The lowest BCUT2D eigenvalue weighted by Crippen LogP contribution is -2.52. The summed E-state index contributed by atoms with van der Waals surface area (Å²) in [6, 6.07) is 25.9. The fourth-order valence-electron chi connectivity index (χ4n) is 4.11. The molecule has 0 spiro atoms. The highest BCUT2D eigenvalue weighted by molar-refractivity contribution is 7.99. The molecule has 0 fully saturated rings. The Morgan fingerprint density at radius 1 is 0.917 bits per heavy atom. The molecule has 0 unspecified atom stereocenters. The molecule has 0 saturated heterocycles. The van der Waals surface area contributed by atoms with E-state index in [2.05, 4.69) is 50.4 Å². The van der Waals surface area contributed by atoms with Gasteiger partial charge >= 0.3 is 0 Å². The predicted octanol–water partition coefficient (Wildman–Crippen LogP) is 6.09. The minimum Gasteiger partial charge on any atom is -0.352 e. The summed E-state index contributed by atoms with van der Waals surface area (Å²) in [6.45, 7) is 8.59. The first-order valence-corrected chi connectivity index (χ1v) is 13.8. The predicted molar refractivity (Wildman–Crippen MR) is 151 cm³/mol. The Kier molecular flexibility index (Phi) is 10.6. The molecule has 1 N–H and O–H groups in total. The van der Waals surface area contributed by atoms with Crippen molar-refractivity contribution in [2.24, 2.45) is 0 Å². The first-order chi connectivity index (χ1) is 17.4. The normalized spacial score (nSPS) is 12.6. The van der Waals surface area contributed by atoms with Gasteiger partial charge < -0.3 is 10.2 Å². The van der Waals surface area contributed by atoms with Crippen molar-refractivity contribution in [2.45, 2.75) is 64.9 Å². The zero-order valence-electron chi connectivity index (χ0n) is 21.9. The van der Waals surface area contributed by atoms with Gasteiger partial charge in [-0.2, -0.15) is 0 Å². The molecule has 0 aromatic heterocycles. The van der Waals surface area contributed by atoms with Crippen LogP contribution in [-0.4, -0.2) is 34.6 Å². The maximum atomic E-state index is 13.7. The van der Waals surface area contributed by atoms with Crippen LogP contribution in [0.4, 0.5) is 0 Å². The molecule has 0 bridgehead atoms. The third kappa shape index (κ3) is 8.27. The smallest absolute Gasteiger partial charge is 0.243 e. The lowest BCUT2D eigenvalue weighted by molar-refractivity contribution is -0.139. The van der Waals surface area contributed by atoms with Gasteiger partial charge in [-0.25, -0.2) is 0 Å². The van der Waals surface area contributed by atoms with Crippen molar-refractivity contribution < 1.29 is 9.59 Å². The zero-order chi connectivity index (χ0) is 25.9. The van der Waals surface area contributed by atoms with E-state index < -0.39 is 6.04 Å². The average Bonchev–Trinajstić information content (AvgIpc) is 2.87. The monoisotopic (exact) mass is 502 g/mol. The van der Waals surface area contributed by atoms with E-state index in [0.29, 0.717) is 18.7 Å². The van der Waals surface area contributed by atoms with Crippen LogP contribution < -0.4 is 5.32 Å². The maximum Gasteiger partial charge on any atom is 0.243 e. The zero-order valence-corrected chi connectivity index (χ0v) is 22.7. The molecule has 0 radical (unpaired) electrons. The molecule has 0 saturated carbocycles. The van der Waals surface area contributed by atoms with E-state index in [1.54, 1.807) is 16.7 Å². The molecular formula is C31H38N2O2S. The number of amides is 2. The highest BCUT2D eigenvalue weighted by Gasteiger charge is 2.31. The van der Waals surface area contributed by atoms with Crippen LogP contribution in [0.1, 0.15) is 48.1 Å². The fraction of sp³-hybridized carbons (Fsp3) is 0.355. The Morgan fingerprint density at radius 2 is 1.61 bits per heavy atom. The number of nitrogens with zero attached hydrogens (tertiary/aromatic N) is 1. The Hall–Kier alpha value is -3.05. The van der Waals surface area contributed by atoms with Crippen LogP contribution in [0.15, 0.2) is 78.9 Å². The van der Waals surface area contributed by atoms with Crippen molar-refractivity contribution in [3.8, 4) is 0 Å². The second-order valence-corrected chi connectivity index (χ2v) is 10.4. The molecule has 5 heteroatoms. The van der Waals surface area contributed by atoms with E-state index in [4.69, 9.17) is 0 Å². The van der Waals surface area contributed by atoms with Gasteiger partial charge in [0.15, 0.2) is 0 Å². The summed E-state index contributed by atoms with van der Waals surface area (Å²) >= 11 is 1.60. The van der Waals surface area contributed by atoms with Crippen molar-refractivity contribution >= 4 is 23.6 Å². The van der Waals surface area contributed by atoms with Gasteiger partial charge in [-0.05, 0) is 49.4 Å². The molecule has 36 heavy (non-hydrogen) atoms. The molecule has 3 rings (SSSR count). The molecule has 0 aliphatic heterocycles. The van der Waals surface area contributed by atoms with Crippen LogP contribution in [0.5, 0.6) is 0 Å². The van der Waals surface area contributed by atoms with Gasteiger partial charge in [0.2, 0.25) is 11.8 Å². The van der Waals surface area contributed by atoms with E-state index in [1.807, 2.05) is 61.5 Å². The third-order valence-electron chi connectivity index (χ3n) is 6.45. The highest BCUT2D eigenvalue weighted by atomic mass is 32.2. The molecule has 2 amide bonds. The van der Waals surface area contributed by atoms with Crippen LogP contribution in [-0.2, 0) is 28.3 Å². The van der Waals surface area contributed by atoms with Crippen molar-refractivity contribution in [1.82, 2.24) is 10.2 Å². The van der Waals surface area contributed by atoms with E-state index in [9.17, 15) is 9.59 Å². The van der Waals surface area contributed by atoms with Gasteiger partial charge in [-0.1, -0.05) is 91.3 Å². The summed E-state index contributed by atoms with van der Waals surface area (Å²) in [7, 11) is 0. The number of thioether (sulfide) groups is 1. The van der Waals surface area contributed by atoms with Gasteiger partial charge in [0.1, 0.15) is 6.04 Å². The second kappa shape index (κ2) is 13.9. The minimum atomic E-state index is -0.590. The van der Waals surface area contributed by atoms with Crippen LogP contribution in [0.2, 0.25) is 0 Å². The van der Waals surface area contributed by atoms with Crippen LogP contribution in [0, 0.1) is 13.8 Å². The van der Waals surface area contributed by atoms with Gasteiger partial charge in [0, 0.05) is 24.8 Å². The number of aryl methyl sites for hydroxylation is 2. The lowest BCUT2D eigenvalue weighted by atomic mass is 10.0. The Labute approximate surface area is 220 Å². The summed E-state index contributed by atoms with van der Waals surface area (Å²) in [5.41, 5.74) is 5.63. The summed E-state index contributed by atoms with van der Waals surface area (Å²) in [4.78, 5) is 29.1. The van der Waals surface area contributed by atoms with E-state index in [-0.39, 0.29) is 17.9 Å². The number of nitrogens with one attached hydrogen (secondary N) is 1. The Bertz CT molecular complexity index is 1130. The van der Waals surface area contributed by atoms with Gasteiger partial charge in [-0.3, -0.25) is 9.59 Å². The minimum absolute atomic E-state index is 0.0175. The quantitative estimate of drug-likeness (QED) is 0.326. The van der Waals surface area contributed by atoms with E-state index in [1.165, 1.54) is 11.1 Å². The van der Waals surface area contributed by atoms with Crippen LogP contribution in [0.3, 0.4) is 0 Å². The van der Waals surface area contributed by atoms with Crippen molar-refractivity contribution in [3.05, 3.63) is 107 Å². The summed E-state index contributed by atoms with van der Waals surface area (Å²) in [5.74, 6) is 0.963. The number of hydrogen-bond acceptors (Lipinski definition) is 3. The van der Waals surface area contributed by atoms with Crippen molar-refractivity contribution in [1.29, 1.82) is 0 Å². The van der Waals surface area contributed by atoms with E-state index in [0.717, 1.165) is 28.9 Å². The third-order valence-corrected chi connectivity index (χ3v) is 7.44. The van der Waals surface area contributed by atoms with Gasteiger partial charge in [0.25, 0.3) is 0 Å². The second-order valence-electron chi connectivity index (χ2n) is 9.45. The standard InChI is InChI=1S/C31H38N2O2S/c1-5-25(4)32-31(35)29(19-26-14-7-6-8-15-26)33(20-28-17-10-9-13-24(28)3)30(34)22-36-21-27-16-11-12-23(2)18-27/h6-18,25,29H,5,19-22H2,1-4H3,(H,32,35)/t25-,29-/m0/s1. The molecule has 0 aliphatic carbocycles. The van der Waals surface area contributed by atoms with Crippen molar-refractivity contribution in [3.63, 3.8) is 0 Å². The maximum absolute atomic E-state index is 13.7. The largest absolute Gasteiger partial charge is 0.352 e. The molecule has 2 atom stereocenters. The summed E-state index contributed by atoms with van der Waals surface area (Å²) in [6.07, 6.45) is 1.31. The molecule has 0 aliphatic rings. The van der Waals surface area contributed by atoms with Gasteiger partial charge in [0.05, 0.1) is 5.75 Å². The highest BCUT2D eigenvalue weighted by Crippen LogP contribution is 2.20. The molecule has 3 aromatic rings. The molecule has 3 aromatic carbocycles.